The van der Waals surface area contributed by atoms with E-state index in [9.17, 15) is 5.11 Å². The van der Waals surface area contributed by atoms with E-state index in [2.05, 4.69) is 55.1 Å². The Morgan fingerprint density at radius 1 is 1.38 bits per heavy atom. The monoisotopic (exact) mass is 325 g/mol. The Kier molecular flexibility index (Phi) is 6.24. The molecule has 2 rings (SSSR count). The zero-order valence-corrected chi connectivity index (χ0v) is 14.9. The van der Waals surface area contributed by atoms with E-state index in [4.69, 9.17) is 5.53 Å². The summed E-state index contributed by atoms with van der Waals surface area (Å²) in [6.45, 7) is 6.98. The smallest absolute Gasteiger partial charge is 0.0636 e. The molecule has 1 aliphatic rings. The molecule has 0 aliphatic heterocycles. The molecule has 0 aromatic heterocycles. The zero-order chi connectivity index (χ0) is 17.6. The average molecular weight is 325 g/mol. The molecule has 1 atom stereocenters. The number of allylic oxidation sites excluding steroid dienone is 3. The van der Waals surface area contributed by atoms with E-state index < -0.39 is 6.10 Å². The zero-order valence-electron chi connectivity index (χ0n) is 14.9. The van der Waals surface area contributed by atoms with Gasteiger partial charge in [0.25, 0.3) is 0 Å². The van der Waals surface area contributed by atoms with E-state index in [1.165, 1.54) is 30.4 Å². The van der Waals surface area contributed by atoms with Gasteiger partial charge in [-0.25, -0.2) is 0 Å². The fourth-order valence-corrected chi connectivity index (χ4v) is 3.48. The molecular formula is C20H27N3O. The molecule has 1 aromatic carbocycles. The molecule has 4 heteroatoms. The van der Waals surface area contributed by atoms with E-state index in [0.717, 1.165) is 11.1 Å². The molecule has 1 aliphatic carbocycles. The maximum Gasteiger partial charge on any atom is 0.0636 e. The number of hydrogen-bond acceptors (Lipinski definition) is 2. The van der Waals surface area contributed by atoms with Gasteiger partial charge in [-0.3, -0.25) is 0 Å². The van der Waals surface area contributed by atoms with Gasteiger partial charge in [0, 0.05) is 4.91 Å². The van der Waals surface area contributed by atoms with Crippen molar-refractivity contribution >= 4 is 6.08 Å². The largest absolute Gasteiger partial charge is 0.393 e. The lowest BCUT2D eigenvalue weighted by molar-refractivity contribution is 0.183. The highest BCUT2D eigenvalue weighted by molar-refractivity contribution is 5.55. The number of hydrogen-bond donors (Lipinski definition) is 1. The first-order chi connectivity index (χ1) is 11.4. The van der Waals surface area contributed by atoms with Crippen LogP contribution in [-0.2, 0) is 6.42 Å². The van der Waals surface area contributed by atoms with Crippen molar-refractivity contribution in [1.29, 1.82) is 0 Å². The first kappa shape index (κ1) is 18.3. The summed E-state index contributed by atoms with van der Waals surface area (Å²) in [7, 11) is 0. The van der Waals surface area contributed by atoms with Crippen molar-refractivity contribution in [2.24, 2.45) is 10.5 Å². The molecule has 1 aromatic rings. The van der Waals surface area contributed by atoms with E-state index in [-0.39, 0.29) is 12.0 Å². The van der Waals surface area contributed by atoms with Gasteiger partial charge in [-0.2, -0.15) is 0 Å². The van der Waals surface area contributed by atoms with Crippen molar-refractivity contribution in [3.05, 3.63) is 63.1 Å². The molecule has 4 nitrogen and oxygen atoms in total. The van der Waals surface area contributed by atoms with Gasteiger partial charge in [-0.15, -0.1) is 0 Å². The van der Waals surface area contributed by atoms with Crippen LogP contribution >= 0.6 is 0 Å². The quantitative estimate of drug-likeness (QED) is 0.422. The second kappa shape index (κ2) is 8.18. The molecule has 1 unspecified atom stereocenters. The van der Waals surface area contributed by atoms with Gasteiger partial charge >= 0.3 is 0 Å². The summed E-state index contributed by atoms with van der Waals surface area (Å²) in [5.74, 6) is 0. The van der Waals surface area contributed by atoms with Crippen molar-refractivity contribution < 1.29 is 5.11 Å². The lowest BCUT2D eigenvalue weighted by Crippen LogP contribution is -2.18. The Bertz CT molecular complexity index is 682. The Labute approximate surface area is 144 Å². The van der Waals surface area contributed by atoms with Crippen LogP contribution in [0, 0.1) is 5.41 Å². The van der Waals surface area contributed by atoms with Crippen molar-refractivity contribution in [2.45, 2.75) is 52.6 Å². The predicted octanol–water partition coefficient (Wildman–Crippen LogP) is 5.44. The fraction of sp³-hybridized carbons (Fsp3) is 0.500. The number of aliphatic hydroxyl groups is 1. The first-order valence-corrected chi connectivity index (χ1v) is 8.58. The van der Waals surface area contributed by atoms with Gasteiger partial charge < -0.3 is 5.11 Å². The van der Waals surface area contributed by atoms with Crippen molar-refractivity contribution in [3.8, 4) is 0 Å². The Balaban J connectivity index is 2.13. The SMILES string of the molecule is CC1=C(/C=C/c2cccc(CC(O)CN=[N+]=[N-])c2)C(C)(C)CCC1. The maximum absolute atomic E-state index is 9.87. The summed E-state index contributed by atoms with van der Waals surface area (Å²) in [5, 5.41) is 13.3. The average Bonchev–Trinajstić information content (AvgIpc) is 2.52. The lowest BCUT2D eigenvalue weighted by atomic mass is 9.72. The second-order valence-corrected chi connectivity index (χ2v) is 7.28. The molecule has 0 heterocycles. The summed E-state index contributed by atoms with van der Waals surface area (Å²) < 4.78 is 0. The summed E-state index contributed by atoms with van der Waals surface area (Å²) in [6.07, 6.45) is 7.97. The molecular weight excluding hydrogens is 298 g/mol. The number of benzene rings is 1. The molecule has 24 heavy (non-hydrogen) atoms. The van der Waals surface area contributed by atoms with Gasteiger partial charge in [-0.05, 0) is 60.3 Å². The molecule has 0 saturated carbocycles. The minimum Gasteiger partial charge on any atom is -0.393 e. The van der Waals surface area contributed by atoms with Crippen LogP contribution < -0.4 is 0 Å². The van der Waals surface area contributed by atoms with Crippen LogP contribution in [0.25, 0.3) is 16.5 Å². The molecule has 0 spiro atoms. The van der Waals surface area contributed by atoms with Gasteiger partial charge in [0.1, 0.15) is 0 Å². The maximum atomic E-state index is 9.87. The van der Waals surface area contributed by atoms with Gasteiger partial charge in [0.2, 0.25) is 0 Å². The highest BCUT2D eigenvalue weighted by atomic mass is 16.3. The summed E-state index contributed by atoms with van der Waals surface area (Å²) in [6, 6.07) is 8.15. The van der Waals surface area contributed by atoms with Crippen molar-refractivity contribution in [1.82, 2.24) is 0 Å². The number of rotatable bonds is 6. The van der Waals surface area contributed by atoms with Crippen LogP contribution in [0.5, 0.6) is 0 Å². The van der Waals surface area contributed by atoms with Crippen LogP contribution in [-0.4, -0.2) is 17.8 Å². The molecule has 1 N–H and O–H groups in total. The lowest BCUT2D eigenvalue weighted by Gasteiger charge is -2.32. The molecule has 128 valence electrons. The third kappa shape index (κ3) is 4.98. The van der Waals surface area contributed by atoms with E-state index in [1.807, 2.05) is 12.1 Å². The summed E-state index contributed by atoms with van der Waals surface area (Å²) >= 11 is 0. The molecule has 0 amide bonds. The van der Waals surface area contributed by atoms with E-state index >= 15 is 0 Å². The Morgan fingerprint density at radius 3 is 2.88 bits per heavy atom. The third-order valence-corrected chi connectivity index (χ3v) is 4.76. The van der Waals surface area contributed by atoms with Gasteiger partial charge in [0.15, 0.2) is 0 Å². The second-order valence-electron chi connectivity index (χ2n) is 7.28. The summed E-state index contributed by atoms with van der Waals surface area (Å²) in [4.78, 5) is 2.69. The van der Waals surface area contributed by atoms with Crippen LogP contribution in [0.3, 0.4) is 0 Å². The fourth-order valence-electron chi connectivity index (χ4n) is 3.48. The van der Waals surface area contributed by atoms with Crippen molar-refractivity contribution in [3.63, 3.8) is 0 Å². The number of azide groups is 1. The third-order valence-electron chi connectivity index (χ3n) is 4.76. The molecule has 0 saturated heterocycles. The number of nitrogens with zero attached hydrogens (tertiary/aromatic N) is 3. The molecule has 0 bridgehead atoms. The topological polar surface area (TPSA) is 69.0 Å². The van der Waals surface area contributed by atoms with E-state index in [1.54, 1.807) is 0 Å². The van der Waals surface area contributed by atoms with Gasteiger partial charge in [0.05, 0.1) is 12.6 Å². The van der Waals surface area contributed by atoms with Gasteiger partial charge in [-0.1, -0.05) is 61.0 Å². The summed E-state index contributed by atoms with van der Waals surface area (Å²) in [5.41, 5.74) is 13.7. The predicted molar refractivity (Wildman–Crippen MR) is 99.5 cm³/mol. The van der Waals surface area contributed by atoms with Crippen LogP contribution in [0.2, 0.25) is 0 Å². The Hall–Kier alpha value is -2.03. The minimum absolute atomic E-state index is 0.108. The van der Waals surface area contributed by atoms with E-state index in [0.29, 0.717) is 6.42 Å². The highest BCUT2D eigenvalue weighted by Crippen LogP contribution is 2.40. The highest BCUT2D eigenvalue weighted by Gasteiger charge is 2.26. The molecule has 0 fully saturated rings. The van der Waals surface area contributed by atoms with Crippen LogP contribution in [0.1, 0.15) is 51.2 Å². The minimum atomic E-state index is -0.637. The first-order valence-electron chi connectivity index (χ1n) is 8.58. The van der Waals surface area contributed by atoms with Crippen LogP contribution in [0.15, 0.2) is 46.6 Å². The molecule has 0 radical (unpaired) electrons. The number of aliphatic hydroxyl groups excluding tert-OH is 1. The van der Waals surface area contributed by atoms with Crippen molar-refractivity contribution in [2.75, 3.05) is 6.54 Å². The Morgan fingerprint density at radius 2 is 2.17 bits per heavy atom. The van der Waals surface area contributed by atoms with Crippen LogP contribution in [0.4, 0.5) is 0 Å². The normalized spacial score (nSPS) is 18.5. The standard InChI is InChI=1S/C20H27N3O/c1-15-6-5-11-20(2,3)19(15)10-9-16-7-4-8-17(12-16)13-18(24)14-22-23-21/h4,7-10,12,18,24H,5-6,11,13-14H2,1-3H3/b10-9+.